The average Bonchev–Trinajstić information content (AvgIpc) is 2.46. The third kappa shape index (κ3) is 4.24. The Labute approximate surface area is 122 Å². The summed E-state index contributed by atoms with van der Waals surface area (Å²) in [6.45, 7) is 2.07. The lowest BCUT2D eigenvalue weighted by molar-refractivity contribution is -0.127. The Morgan fingerprint density at radius 3 is 2.90 bits per heavy atom. The molecule has 0 radical (unpaired) electrons. The van der Waals surface area contributed by atoms with Gasteiger partial charge in [-0.2, -0.15) is 0 Å². The lowest BCUT2D eigenvalue weighted by Gasteiger charge is -2.14. The van der Waals surface area contributed by atoms with Gasteiger partial charge in [0.05, 0.1) is 12.2 Å². The van der Waals surface area contributed by atoms with Crippen LogP contribution < -0.4 is 10.1 Å². The molecule has 1 amide bonds. The van der Waals surface area contributed by atoms with Gasteiger partial charge < -0.3 is 10.1 Å². The minimum absolute atomic E-state index is 0.198. The first-order chi connectivity index (χ1) is 9.65. The van der Waals surface area contributed by atoms with E-state index in [-0.39, 0.29) is 5.91 Å². The molecule has 5 heteroatoms. The highest BCUT2D eigenvalue weighted by Crippen LogP contribution is 2.18. The minimum Gasteiger partial charge on any atom is -0.481 e. The normalized spacial score (nSPS) is 11.7. The molecule has 104 valence electrons. The number of carbonyl (C=O) groups is 1. The van der Waals surface area contributed by atoms with Crippen LogP contribution in [-0.4, -0.2) is 17.0 Å². The number of aromatic nitrogens is 1. The van der Waals surface area contributed by atoms with Crippen molar-refractivity contribution in [1.82, 2.24) is 10.3 Å². The minimum atomic E-state index is -0.600. The lowest BCUT2D eigenvalue weighted by atomic mass is 10.3. The molecule has 0 saturated carbocycles. The zero-order valence-electron chi connectivity index (χ0n) is 11.0. The van der Waals surface area contributed by atoms with Crippen LogP contribution in [-0.2, 0) is 11.3 Å². The summed E-state index contributed by atoms with van der Waals surface area (Å²) in [5, 5.41) is 3.35. The van der Waals surface area contributed by atoms with Crippen LogP contribution in [0.2, 0.25) is 5.02 Å². The predicted octanol–water partition coefficient (Wildman–Crippen LogP) is 2.82. The number of nitrogens with zero attached hydrogens (tertiary/aromatic N) is 1. The molecule has 0 spiro atoms. The van der Waals surface area contributed by atoms with Gasteiger partial charge in [0.25, 0.3) is 5.91 Å². The van der Waals surface area contributed by atoms with Crippen molar-refractivity contribution in [2.24, 2.45) is 0 Å². The highest BCUT2D eigenvalue weighted by Gasteiger charge is 2.14. The number of hydrogen-bond donors (Lipinski definition) is 1. The van der Waals surface area contributed by atoms with Crippen molar-refractivity contribution in [3.63, 3.8) is 0 Å². The van der Waals surface area contributed by atoms with E-state index in [4.69, 9.17) is 16.3 Å². The Hall–Kier alpha value is -2.07. The Kier molecular flexibility index (Phi) is 4.96. The monoisotopic (exact) mass is 290 g/mol. The summed E-state index contributed by atoms with van der Waals surface area (Å²) >= 11 is 5.86. The van der Waals surface area contributed by atoms with Crippen LogP contribution in [0.4, 0.5) is 0 Å². The molecule has 0 fully saturated rings. The average molecular weight is 291 g/mol. The maximum Gasteiger partial charge on any atom is 0.261 e. The van der Waals surface area contributed by atoms with Crippen LogP contribution in [0.1, 0.15) is 12.6 Å². The zero-order chi connectivity index (χ0) is 14.4. The standard InChI is InChI=1S/C15H15ClN2O2/c1-11(20-14-7-4-5-12(16)9-14)15(19)18-10-13-6-2-3-8-17-13/h2-9,11H,10H2,1H3,(H,18,19)/t11-/m1/s1. The number of carbonyl (C=O) groups excluding carboxylic acids is 1. The molecule has 1 heterocycles. The molecule has 0 saturated heterocycles. The van der Waals surface area contributed by atoms with Crippen molar-refractivity contribution < 1.29 is 9.53 Å². The van der Waals surface area contributed by atoms with E-state index in [9.17, 15) is 4.79 Å². The molecule has 0 bridgehead atoms. The van der Waals surface area contributed by atoms with Gasteiger partial charge in [-0.1, -0.05) is 23.7 Å². The van der Waals surface area contributed by atoms with E-state index in [1.807, 2.05) is 18.2 Å². The molecule has 2 rings (SSSR count). The fourth-order valence-electron chi connectivity index (χ4n) is 1.62. The second-order valence-corrected chi connectivity index (χ2v) is 4.69. The molecular weight excluding hydrogens is 276 g/mol. The number of halogens is 1. The maximum atomic E-state index is 11.9. The number of rotatable bonds is 5. The fourth-order valence-corrected chi connectivity index (χ4v) is 1.80. The number of nitrogens with one attached hydrogen (secondary N) is 1. The van der Waals surface area contributed by atoms with Gasteiger partial charge in [-0.25, -0.2) is 0 Å². The number of amides is 1. The largest absolute Gasteiger partial charge is 0.481 e. The van der Waals surface area contributed by atoms with Crippen molar-refractivity contribution >= 4 is 17.5 Å². The first-order valence-corrected chi connectivity index (χ1v) is 6.63. The third-order valence-corrected chi connectivity index (χ3v) is 2.88. The van der Waals surface area contributed by atoms with Crippen LogP contribution in [0.5, 0.6) is 5.75 Å². The van der Waals surface area contributed by atoms with Gasteiger partial charge in [0.2, 0.25) is 0 Å². The SMILES string of the molecule is C[C@@H](Oc1cccc(Cl)c1)C(=O)NCc1ccccn1. The number of ether oxygens (including phenoxy) is 1. The predicted molar refractivity (Wildman–Crippen MR) is 77.6 cm³/mol. The van der Waals surface area contributed by atoms with E-state index >= 15 is 0 Å². The van der Waals surface area contributed by atoms with Crippen LogP contribution in [0.3, 0.4) is 0 Å². The van der Waals surface area contributed by atoms with E-state index in [1.54, 1.807) is 37.4 Å². The summed E-state index contributed by atoms with van der Waals surface area (Å²) in [7, 11) is 0. The van der Waals surface area contributed by atoms with Crippen molar-refractivity contribution in [3.8, 4) is 5.75 Å². The topological polar surface area (TPSA) is 51.2 Å². The molecule has 0 unspecified atom stereocenters. The zero-order valence-corrected chi connectivity index (χ0v) is 11.8. The van der Waals surface area contributed by atoms with Gasteiger partial charge in [-0.15, -0.1) is 0 Å². The first-order valence-electron chi connectivity index (χ1n) is 6.25. The first kappa shape index (κ1) is 14.3. The molecule has 1 atom stereocenters. The van der Waals surface area contributed by atoms with Crippen molar-refractivity contribution in [3.05, 3.63) is 59.4 Å². The number of benzene rings is 1. The van der Waals surface area contributed by atoms with Gasteiger partial charge in [0, 0.05) is 11.2 Å². The van der Waals surface area contributed by atoms with Crippen molar-refractivity contribution in [1.29, 1.82) is 0 Å². The van der Waals surface area contributed by atoms with Crippen molar-refractivity contribution in [2.75, 3.05) is 0 Å². The summed E-state index contributed by atoms with van der Waals surface area (Å²) in [5.74, 6) is 0.369. The summed E-state index contributed by atoms with van der Waals surface area (Å²) in [4.78, 5) is 16.0. The molecule has 1 aromatic carbocycles. The van der Waals surface area contributed by atoms with E-state index < -0.39 is 6.10 Å². The molecule has 4 nitrogen and oxygen atoms in total. The maximum absolute atomic E-state index is 11.9. The Bertz CT molecular complexity index is 575. The summed E-state index contributed by atoms with van der Waals surface area (Å²) in [5.41, 5.74) is 0.802. The van der Waals surface area contributed by atoms with Crippen molar-refractivity contribution in [2.45, 2.75) is 19.6 Å². The second kappa shape index (κ2) is 6.91. The summed E-state index contributed by atoms with van der Waals surface area (Å²) in [6, 6.07) is 12.5. The molecular formula is C15H15ClN2O2. The van der Waals surface area contributed by atoms with Gasteiger partial charge in [0.1, 0.15) is 5.75 Å². The number of hydrogen-bond acceptors (Lipinski definition) is 3. The molecule has 20 heavy (non-hydrogen) atoms. The van der Waals surface area contributed by atoms with Crippen LogP contribution in [0, 0.1) is 0 Å². The van der Waals surface area contributed by atoms with E-state index in [0.29, 0.717) is 17.3 Å². The van der Waals surface area contributed by atoms with E-state index in [1.165, 1.54) is 0 Å². The molecule has 1 aromatic heterocycles. The Morgan fingerprint density at radius 2 is 2.20 bits per heavy atom. The molecule has 0 aliphatic rings. The van der Waals surface area contributed by atoms with E-state index in [2.05, 4.69) is 10.3 Å². The summed E-state index contributed by atoms with van der Waals surface area (Å²) in [6.07, 6.45) is 1.09. The molecule has 0 aliphatic heterocycles. The van der Waals surface area contributed by atoms with Crippen LogP contribution >= 0.6 is 11.6 Å². The quantitative estimate of drug-likeness (QED) is 0.921. The third-order valence-electron chi connectivity index (χ3n) is 2.65. The van der Waals surface area contributed by atoms with Gasteiger partial charge in [0.15, 0.2) is 6.10 Å². The number of pyridine rings is 1. The molecule has 0 aliphatic carbocycles. The smallest absolute Gasteiger partial charge is 0.261 e. The summed E-state index contributed by atoms with van der Waals surface area (Å²) < 4.78 is 5.53. The molecule has 2 aromatic rings. The second-order valence-electron chi connectivity index (χ2n) is 4.26. The highest BCUT2D eigenvalue weighted by atomic mass is 35.5. The van der Waals surface area contributed by atoms with Gasteiger partial charge >= 0.3 is 0 Å². The lowest BCUT2D eigenvalue weighted by Crippen LogP contribution is -2.36. The van der Waals surface area contributed by atoms with E-state index in [0.717, 1.165) is 5.69 Å². The Morgan fingerprint density at radius 1 is 1.35 bits per heavy atom. The Balaban J connectivity index is 1.86. The molecule has 1 N–H and O–H groups in total. The van der Waals surface area contributed by atoms with Gasteiger partial charge in [-0.05, 0) is 37.3 Å². The van der Waals surface area contributed by atoms with Crippen LogP contribution in [0.15, 0.2) is 48.7 Å². The van der Waals surface area contributed by atoms with Gasteiger partial charge in [-0.3, -0.25) is 9.78 Å². The fraction of sp³-hybridized carbons (Fsp3) is 0.200. The highest BCUT2D eigenvalue weighted by molar-refractivity contribution is 6.30. The van der Waals surface area contributed by atoms with Crippen LogP contribution in [0.25, 0.3) is 0 Å².